The van der Waals surface area contributed by atoms with E-state index in [1.165, 1.54) is 0 Å². The van der Waals surface area contributed by atoms with Crippen LogP contribution in [0.25, 0.3) is 0 Å². The number of ketones is 1. The van der Waals surface area contributed by atoms with Gasteiger partial charge in [-0.25, -0.2) is 4.79 Å². The molecule has 2 N–H and O–H groups in total. The molecule has 2 aromatic rings. The van der Waals surface area contributed by atoms with Crippen molar-refractivity contribution in [1.29, 1.82) is 0 Å². The van der Waals surface area contributed by atoms with Crippen LogP contribution in [0.1, 0.15) is 42.7 Å². The van der Waals surface area contributed by atoms with Crippen LogP contribution >= 0.6 is 0 Å². The second-order valence-electron chi connectivity index (χ2n) is 7.58. The van der Waals surface area contributed by atoms with Crippen molar-refractivity contribution in [1.82, 2.24) is 0 Å². The van der Waals surface area contributed by atoms with Crippen LogP contribution in [0.3, 0.4) is 0 Å². The molecule has 0 radical (unpaired) electrons. The number of methoxy groups -OCH3 is 1. The minimum atomic E-state index is -0.641. The maximum Gasteiger partial charge on any atom is 0.340 e. The summed E-state index contributed by atoms with van der Waals surface area (Å²) in [7, 11) is 1.58. The highest BCUT2D eigenvalue weighted by Gasteiger charge is 2.43. The lowest BCUT2D eigenvalue weighted by atomic mass is 9.73. The summed E-state index contributed by atoms with van der Waals surface area (Å²) < 4.78 is 16.4. The number of carbonyl (C=O) groups excluding carboxylic acids is 2. The number of ether oxygens (including phenoxy) is 3. The van der Waals surface area contributed by atoms with Crippen LogP contribution in [-0.4, -0.2) is 25.5 Å². The van der Waals surface area contributed by atoms with E-state index in [9.17, 15) is 9.59 Å². The molecule has 0 unspecified atom stereocenters. The molecule has 1 aliphatic carbocycles. The number of allylic oxidation sites excluding steroid dienone is 2. The van der Waals surface area contributed by atoms with Crippen LogP contribution in [-0.2, 0) is 19.1 Å². The fraction of sp³-hybridized carbons (Fsp3) is 0.280. The summed E-state index contributed by atoms with van der Waals surface area (Å²) in [4.78, 5) is 26.2. The molecule has 0 amide bonds. The van der Waals surface area contributed by atoms with Crippen LogP contribution in [0.15, 0.2) is 77.4 Å². The zero-order valence-corrected chi connectivity index (χ0v) is 17.6. The molecule has 2 aliphatic rings. The minimum Gasteiger partial charge on any atom is -0.497 e. The molecule has 0 saturated heterocycles. The first-order valence-electron chi connectivity index (χ1n) is 10.3. The van der Waals surface area contributed by atoms with Gasteiger partial charge < -0.3 is 19.9 Å². The molecule has 31 heavy (non-hydrogen) atoms. The smallest absolute Gasteiger partial charge is 0.340 e. The standard InChI is InChI=1S/C25H25NO5/c1-3-30-25(28)23-21(16-9-11-18(29-2)12-10-16)22-19(27)13-17(14-20(22)31-24(23)26)15-7-5-4-6-8-15/h4-12,17,21H,3,13-14,26H2,1-2H3/t17-,21-/m0/s1. The normalized spacial score (nSPS) is 20.8. The van der Waals surface area contributed by atoms with E-state index in [4.69, 9.17) is 19.9 Å². The van der Waals surface area contributed by atoms with E-state index in [2.05, 4.69) is 0 Å². The molecule has 0 bridgehead atoms. The zero-order valence-electron chi connectivity index (χ0n) is 17.6. The number of benzene rings is 2. The Morgan fingerprint density at radius 3 is 2.42 bits per heavy atom. The number of esters is 1. The van der Waals surface area contributed by atoms with Gasteiger partial charge in [-0.3, -0.25) is 4.79 Å². The molecule has 0 spiro atoms. The van der Waals surface area contributed by atoms with Crippen LogP contribution in [0.4, 0.5) is 0 Å². The van der Waals surface area contributed by atoms with Gasteiger partial charge in [-0.1, -0.05) is 42.5 Å². The van der Waals surface area contributed by atoms with E-state index in [1.807, 2.05) is 42.5 Å². The van der Waals surface area contributed by atoms with Crippen molar-refractivity contribution < 1.29 is 23.8 Å². The predicted molar refractivity (Wildman–Crippen MR) is 115 cm³/mol. The van der Waals surface area contributed by atoms with E-state index in [-0.39, 0.29) is 29.8 Å². The van der Waals surface area contributed by atoms with Crippen LogP contribution in [0.2, 0.25) is 0 Å². The Morgan fingerprint density at radius 2 is 1.77 bits per heavy atom. The van der Waals surface area contributed by atoms with Gasteiger partial charge in [0.15, 0.2) is 5.78 Å². The molecule has 6 nitrogen and oxygen atoms in total. The monoisotopic (exact) mass is 419 g/mol. The van der Waals surface area contributed by atoms with Crippen LogP contribution < -0.4 is 10.5 Å². The van der Waals surface area contributed by atoms with Gasteiger partial charge in [0, 0.05) is 18.4 Å². The highest BCUT2D eigenvalue weighted by molar-refractivity contribution is 6.03. The largest absolute Gasteiger partial charge is 0.497 e. The van der Waals surface area contributed by atoms with Crippen molar-refractivity contribution >= 4 is 11.8 Å². The van der Waals surface area contributed by atoms with Crippen molar-refractivity contribution in [2.24, 2.45) is 5.73 Å². The molecule has 160 valence electrons. The van der Waals surface area contributed by atoms with E-state index in [1.54, 1.807) is 26.2 Å². The average molecular weight is 419 g/mol. The Hall–Kier alpha value is -3.54. The molecule has 0 saturated carbocycles. The molecular formula is C25H25NO5. The lowest BCUT2D eigenvalue weighted by Gasteiger charge is -2.35. The fourth-order valence-corrected chi connectivity index (χ4v) is 4.31. The first kappa shape index (κ1) is 20.7. The van der Waals surface area contributed by atoms with Gasteiger partial charge in [-0.2, -0.15) is 0 Å². The van der Waals surface area contributed by atoms with Crippen molar-refractivity contribution in [3.63, 3.8) is 0 Å². The zero-order chi connectivity index (χ0) is 22.0. The molecule has 6 heteroatoms. The maximum atomic E-state index is 13.4. The van der Waals surface area contributed by atoms with E-state index >= 15 is 0 Å². The Labute approximate surface area is 181 Å². The molecule has 1 heterocycles. The lowest BCUT2D eigenvalue weighted by molar-refractivity contribution is -0.139. The average Bonchev–Trinajstić information content (AvgIpc) is 2.78. The van der Waals surface area contributed by atoms with Gasteiger partial charge in [-0.15, -0.1) is 0 Å². The highest BCUT2D eigenvalue weighted by Crippen LogP contribution is 2.47. The molecule has 1 aliphatic heterocycles. The van der Waals surface area contributed by atoms with Gasteiger partial charge in [0.05, 0.1) is 19.6 Å². The number of carbonyl (C=O) groups is 2. The van der Waals surface area contributed by atoms with Crippen molar-refractivity contribution in [3.05, 3.63) is 88.5 Å². The summed E-state index contributed by atoms with van der Waals surface area (Å²) >= 11 is 0. The van der Waals surface area contributed by atoms with E-state index in [0.717, 1.165) is 11.1 Å². The third-order valence-corrected chi connectivity index (χ3v) is 5.76. The van der Waals surface area contributed by atoms with E-state index < -0.39 is 11.9 Å². The molecule has 0 fully saturated rings. The fourth-order valence-electron chi connectivity index (χ4n) is 4.31. The predicted octanol–water partition coefficient (Wildman–Crippen LogP) is 3.94. The quantitative estimate of drug-likeness (QED) is 0.739. The summed E-state index contributed by atoms with van der Waals surface area (Å²) in [5, 5.41) is 0. The Bertz CT molecular complexity index is 1050. The number of hydrogen-bond donors (Lipinski definition) is 1. The topological polar surface area (TPSA) is 87.9 Å². The van der Waals surface area contributed by atoms with Crippen molar-refractivity contribution in [3.8, 4) is 5.75 Å². The Morgan fingerprint density at radius 1 is 1.06 bits per heavy atom. The summed E-state index contributed by atoms with van der Waals surface area (Å²) in [6.45, 7) is 1.92. The molecule has 0 aromatic heterocycles. The van der Waals surface area contributed by atoms with Crippen LogP contribution in [0, 0.1) is 0 Å². The second-order valence-corrected chi connectivity index (χ2v) is 7.58. The molecular weight excluding hydrogens is 394 g/mol. The minimum absolute atomic E-state index is 0.000843. The summed E-state index contributed by atoms with van der Waals surface area (Å²) in [6, 6.07) is 17.1. The van der Waals surface area contributed by atoms with Gasteiger partial charge in [0.1, 0.15) is 17.1 Å². The third kappa shape index (κ3) is 3.93. The van der Waals surface area contributed by atoms with Crippen LogP contribution in [0.5, 0.6) is 5.75 Å². The number of Topliss-reactive ketones (excluding diaryl/α,β-unsaturated/α-hetero) is 1. The summed E-state index contributed by atoms with van der Waals surface area (Å²) in [5.74, 6) is -0.0795. The number of rotatable bonds is 5. The first-order valence-corrected chi connectivity index (χ1v) is 10.3. The first-order chi connectivity index (χ1) is 15.0. The molecule has 4 rings (SSSR count). The molecule has 2 aromatic carbocycles. The highest BCUT2D eigenvalue weighted by atomic mass is 16.5. The van der Waals surface area contributed by atoms with Gasteiger partial charge in [0.25, 0.3) is 0 Å². The SMILES string of the molecule is CCOC(=O)C1=C(N)OC2=C(C(=O)C[C@H](c3ccccc3)C2)[C@@H]1c1ccc(OC)cc1. The summed E-state index contributed by atoms with van der Waals surface area (Å²) in [6.07, 6.45) is 0.878. The van der Waals surface area contributed by atoms with Crippen molar-refractivity contribution in [2.75, 3.05) is 13.7 Å². The third-order valence-electron chi connectivity index (χ3n) is 5.76. The molecule has 2 atom stereocenters. The van der Waals surface area contributed by atoms with Gasteiger partial charge in [0.2, 0.25) is 5.88 Å². The van der Waals surface area contributed by atoms with Gasteiger partial charge >= 0.3 is 5.97 Å². The lowest BCUT2D eigenvalue weighted by Crippen LogP contribution is -2.33. The summed E-state index contributed by atoms with van der Waals surface area (Å²) in [5.41, 5.74) is 8.70. The Balaban J connectivity index is 1.79. The maximum absolute atomic E-state index is 13.4. The second kappa shape index (κ2) is 8.68. The Kier molecular flexibility index (Phi) is 5.80. The number of nitrogens with two attached hydrogens (primary N) is 1. The number of hydrogen-bond acceptors (Lipinski definition) is 6. The van der Waals surface area contributed by atoms with E-state index in [0.29, 0.717) is 29.9 Å². The van der Waals surface area contributed by atoms with Crippen molar-refractivity contribution in [2.45, 2.75) is 31.6 Å². The van der Waals surface area contributed by atoms with Gasteiger partial charge in [-0.05, 0) is 36.1 Å².